The number of esters is 2. The molecule has 4 rings (SSSR count). The van der Waals surface area contributed by atoms with Gasteiger partial charge in [-0.05, 0) is 40.6 Å². The Balaban J connectivity index is 1.39. The van der Waals surface area contributed by atoms with Crippen molar-refractivity contribution in [1.82, 2.24) is 0 Å². The van der Waals surface area contributed by atoms with Crippen molar-refractivity contribution in [3.63, 3.8) is 0 Å². The van der Waals surface area contributed by atoms with E-state index in [1.165, 1.54) is 51.1 Å². The van der Waals surface area contributed by atoms with E-state index in [0.29, 0.717) is 38.3 Å². The third-order valence-corrected chi connectivity index (χ3v) is 8.86. The number of carbonyl (C=O) groups excluding carboxylic acids is 4. The number of benzene rings is 2. The number of rotatable bonds is 16. The molecule has 44 heavy (non-hydrogen) atoms. The molecule has 2 aromatic carbocycles. The molecule has 4 aromatic rings. The second-order valence-corrected chi connectivity index (χ2v) is 11.8. The molecule has 2 aromatic heterocycles. The molecule has 2 heterocycles. The van der Waals surface area contributed by atoms with Crippen LogP contribution in [0.5, 0.6) is 23.0 Å². The molecule has 0 spiro atoms. The number of hydrogen-bond donors (Lipinski definition) is 0. The molecule has 0 aliphatic rings. The molecular formula is C32H32O10S2. The molecule has 0 bridgehead atoms. The van der Waals surface area contributed by atoms with Crippen molar-refractivity contribution < 1.29 is 47.6 Å². The third-order valence-electron chi connectivity index (χ3n) is 6.59. The van der Waals surface area contributed by atoms with E-state index in [9.17, 15) is 19.2 Å². The van der Waals surface area contributed by atoms with E-state index < -0.39 is 11.9 Å². The van der Waals surface area contributed by atoms with Crippen LogP contribution in [0.15, 0.2) is 48.6 Å². The number of ketones is 2. The summed E-state index contributed by atoms with van der Waals surface area (Å²) in [7, 11) is 5.65. The minimum atomic E-state index is -0.429. The molecule has 0 atom stereocenters. The van der Waals surface area contributed by atoms with Crippen molar-refractivity contribution in [1.29, 1.82) is 0 Å². The van der Waals surface area contributed by atoms with E-state index in [1.54, 1.807) is 36.4 Å². The monoisotopic (exact) mass is 640 g/mol. The first-order valence-electron chi connectivity index (χ1n) is 13.5. The van der Waals surface area contributed by atoms with E-state index in [0.717, 1.165) is 20.2 Å². The Kier molecular flexibility index (Phi) is 11.0. The maximum Gasteiger partial charge on any atom is 0.305 e. The van der Waals surface area contributed by atoms with Crippen molar-refractivity contribution in [3.05, 3.63) is 58.3 Å². The fourth-order valence-electron chi connectivity index (χ4n) is 4.20. The SMILES string of the molecule is C=C(COc1cc2cc(C(=O)CCC(=O)OC)sc2cc1OC)COc1cc2cc(C(=O)CCC(=O)OC)sc2cc1OC. The van der Waals surface area contributed by atoms with E-state index >= 15 is 0 Å². The van der Waals surface area contributed by atoms with E-state index in [-0.39, 0.29) is 50.5 Å². The van der Waals surface area contributed by atoms with Gasteiger partial charge in [-0.25, -0.2) is 0 Å². The summed E-state index contributed by atoms with van der Waals surface area (Å²) in [4.78, 5) is 49.0. The molecule has 0 aliphatic carbocycles. The smallest absolute Gasteiger partial charge is 0.305 e. The zero-order valence-corrected chi connectivity index (χ0v) is 26.4. The number of fused-ring (bicyclic) bond motifs is 2. The van der Waals surface area contributed by atoms with Crippen LogP contribution in [0.25, 0.3) is 20.2 Å². The molecule has 12 heteroatoms. The largest absolute Gasteiger partial charge is 0.493 e. The van der Waals surface area contributed by atoms with Crippen LogP contribution in [0.2, 0.25) is 0 Å². The van der Waals surface area contributed by atoms with Gasteiger partial charge in [-0.1, -0.05) is 6.58 Å². The van der Waals surface area contributed by atoms with Gasteiger partial charge in [0.05, 0.1) is 51.0 Å². The van der Waals surface area contributed by atoms with Gasteiger partial charge in [-0.3, -0.25) is 19.2 Å². The lowest BCUT2D eigenvalue weighted by atomic mass is 10.1. The maximum atomic E-state index is 12.6. The predicted octanol–water partition coefficient (Wildman–Crippen LogP) is 6.42. The molecule has 0 radical (unpaired) electrons. The van der Waals surface area contributed by atoms with Gasteiger partial charge in [0, 0.05) is 34.4 Å². The minimum absolute atomic E-state index is 0.0254. The standard InChI is InChI=1S/C32H32O10S2/c1-18(16-41-25-10-19-12-29(21(33)6-8-31(35)39-4)43-27(19)14-23(25)37-2)17-42-26-11-20-13-30(22(34)7-9-32(36)40-5)44-28(20)15-24(26)38-3/h10-15H,1,6-9,16-17H2,2-5H3. The van der Waals surface area contributed by atoms with E-state index in [4.69, 9.17) is 18.9 Å². The molecule has 0 saturated carbocycles. The molecule has 0 saturated heterocycles. The summed E-state index contributed by atoms with van der Waals surface area (Å²) >= 11 is 2.64. The third kappa shape index (κ3) is 7.94. The van der Waals surface area contributed by atoms with Crippen LogP contribution in [-0.4, -0.2) is 65.2 Å². The number of hydrogen-bond acceptors (Lipinski definition) is 12. The molecular weight excluding hydrogens is 608 g/mol. The van der Waals surface area contributed by atoms with E-state index in [1.807, 2.05) is 0 Å². The van der Waals surface area contributed by atoms with Crippen LogP contribution in [0, 0.1) is 0 Å². The first-order chi connectivity index (χ1) is 21.1. The highest BCUT2D eigenvalue weighted by Crippen LogP contribution is 2.39. The molecule has 0 fully saturated rings. The van der Waals surface area contributed by atoms with Crippen molar-refractivity contribution in [2.75, 3.05) is 41.7 Å². The molecule has 0 amide bonds. The maximum absolute atomic E-state index is 12.6. The summed E-state index contributed by atoms with van der Waals surface area (Å²) in [6.07, 6.45) is 0.190. The number of thiophene rings is 2. The van der Waals surface area contributed by atoms with Crippen molar-refractivity contribution in [2.24, 2.45) is 0 Å². The summed E-state index contributed by atoms with van der Waals surface area (Å²) in [5, 5.41) is 1.62. The topological polar surface area (TPSA) is 124 Å². The van der Waals surface area contributed by atoms with Crippen LogP contribution in [0.4, 0.5) is 0 Å². The minimum Gasteiger partial charge on any atom is -0.493 e. The first kappa shape index (κ1) is 32.5. The Morgan fingerprint density at radius 1 is 0.591 bits per heavy atom. The summed E-state index contributed by atoms with van der Waals surface area (Å²) in [6.45, 7) is 4.34. The zero-order valence-electron chi connectivity index (χ0n) is 24.8. The number of Topliss-reactive ketones (excluding diaryl/α,β-unsaturated/α-hetero) is 2. The van der Waals surface area contributed by atoms with Gasteiger partial charge in [-0.15, -0.1) is 22.7 Å². The highest BCUT2D eigenvalue weighted by molar-refractivity contribution is 7.21. The Morgan fingerprint density at radius 3 is 1.36 bits per heavy atom. The van der Waals surface area contributed by atoms with Gasteiger partial charge in [0.1, 0.15) is 13.2 Å². The normalized spacial score (nSPS) is 10.8. The lowest BCUT2D eigenvalue weighted by Gasteiger charge is -2.14. The van der Waals surface area contributed by atoms with Gasteiger partial charge >= 0.3 is 11.9 Å². The van der Waals surface area contributed by atoms with Gasteiger partial charge in [-0.2, -0.15) is 0 Å². The second kappa shape index (κ2) is 14.8. The summed E-state index contributed by atoms with van der Waals surface area (Å²) in [5.41, 5.74) is 0.641. The van der Waals surface area contributed by atoms with E-state index in [2.05, 4.69) is 16.1 Å². The first-order valence-corrected chi connectivity index (χ1v) is 15.1. The molecule has 10 nitrogen and oxygen atoms in total. The molecule has 232 valence electrons. The van der Waals surface area contributed by atoms with Crippen molar-refractivity contribution >= 4 is 66.4 Å². The second-order valence-electron chi connectivity index (χ2n) is 9.63. The average molecular weight is 641 g/mol. The summed E-state index contributed by atoms with van der Waals surface area (Å²) < 4.78 is 34.0. The average Bonchev–Trinajstić information content (AvgIpc) is 3.66. The fraction of sp³-hybridized carbons (Fsp3) is 0.312. The van der Waals surface area contributed by atoms with Gasteiger partial charge < -0.3 is 28.4 Å². The molecule has 0 aliphatic heterocycles. The van der Waals surface area contributed by atoms with Gasteiger partial charge in [0.2, 0.25) is 0 Å². The highest BCUT2D eigenvalue weighted by Gasteiger charge is 2.18. The Labute approximate surface area is 262 Å². The number of ether oxygens (including phenoxy) is 6. The Bertz CT molecular complexity index is 1590. The summed E-state index contributed by atoms with van der Waals surface area (Å²) in [5.74, 6) is 0.832. The Hall–Kier alpha value is -4.42. The number of carbonyl (C=O) groups is 4. The Morgan fingerprint density at radius 2 is 1.00 bits per heavy atom. The van der Waals surface area contributed by atoms with Crippen molar-refractivity contribution in [2.45, 2.75) is 25.7 Å². The summed E-state index contributed by atoms with van der Waals surface area (Å²) in [6, 6.07) is 10.8. The van der Waals surface area contributed by atoms with Crippen molar-refractivity contribution in [3.8, 4) is 23.0 Å². The van der Waals surface area contributed by atoms with Crippen LogP contribution in [0.1, 0.15) is 45.0 Å². The van der Waals surface area contributed by atoms with Crippen LogP contribution in [0.3, 0.4) is 0 Å². The fourth-order valence-corrected chi connectivity index (χ4v) is 6.28. The highest BCUT2D eigenvalue weighted by atomic mass is 32.1. The predicted molar refractivity (Wildman–Crippen MR) is 168 cm³/mol. The lowest BCUT2D eigenvalue weighted by molar-refractivity contribution is -0.141. The van der Waals surface area contributed by atoms with Crippen LogP contribution < -0.4 is 18.9 Å². The molecule has 0 unspecified atom stereocenters. The quantitative estimate of drug-likeness (QED) is 0.0770. The van der Waals surface area contributed by atoms with Crippen LogP contribution >= 0.6 is 22.7 Å². The van der Waals surface area contributed by atoms with Gasteiger partial charge in [0.25, 0.3) is 0 Å². The molecule has 0 N–H and O–H groups in total. The number of methoxy groups -OCH3 is 4. The lowest BCUT2D eigenvalue weighted by Crippen LogP contribution is -2.09. The van der Waals surface area contributed by atoms with Gasteiger partial charge in [0.15, 0.2) is 34.6 Å². The van der Waals surface area contributed by atoms with Crippen LogP contribution in [-0.2, 0) is 19.1 Å². The zero-order chi connectivity index (χ0) is 31.8.